The highest BCUT2D eigenvalue weighted by Gasteiger charge is 2.11. The molecule has 2 rings (SSSR count). The van der Waals surface area contributed by atoms with E-state index in [1.165, 1.54) is 11.3 Å². The van der Waals surface area contributed by atoms with Crippen LogP contribution < -0.4 is 10.1 Å². The number of aromatic nitrogens is 1. The fraction of sp³-hybridized carbons (Fsp3) is 0.333. The average Bonchev–Trinajstić information content (AvgIpc) is 2.95. The molecular weight excluding hydrogens is 272 g/mol. The van der Waals surface area contributed by atoms with Gasteiger partial charge in [0, 0.05) is 17.5 Å². The molecule has 0 fully saturated rings. The monoisotopic (exact) mass is 290 g/mol. The van der Waals surface area contributed by atoms with Crippen LogP contribution in [0.2, 0.25) is 0 Å². The molecule has 0 radical (unpaired) electrons. The van der Waals surface area contributed by atoms with Gasteiger partial charge in [0.25, 0.3) is 5.91 Å². The van der Waals surface area contributed by atoms with Gasteiger partial charge < -0.3 is 10.1 Å². The van der Waals surface area contributed by atoms with Crippen molar-refractivity contribution in [3.05, 3.63) is 35.3 Å². The van der Waals surface area contributed by atoms with E-state index in [0.29, 0.717) is 18.8 Å². The second-order valence-corrected chi connectivity index (χ2v) is 5.13. The Morgan fingerprint density at radius 2 is 2.25 bits per heavy atom. The maximum absolute atomic E-state index is 11.7. The summed E-state index contributed by atoms with van der Waals surface area (Å²) in [6, 6.07) is 7.79. The molecule has 1 aromatic heterocycles. The molecule has 5 heteroatoms. The molecule has 106 valence electrons. The Morgan fingerprint density at radius 3 is 3.00 bits per heavy atom. The fourth-order valence-electron chi connectivity index (χ4n) is 1.70. The molecule has 0 aliphatic carbocycles. The van der Waals surface area contributed by atoms with Gasteiger partial charge in [0.05, 0.1) is 6.61 Å². The summed E-state index contributed by atoms with van der Waals surface area (Å²) in [5, 5.41) is 5.35. The number of nitrogens with zero attached hydrogens (tertiary/aromatic N) is 1. The summed E-state index contributed by atoms with van der Waals surface area (Å²) in [5.74, 6) is 0.701. The molecule has 1 aromatic carbocycles. The highest BCUT2D eigenvalue weighted by Crippen LogP contribution is 2.27. The summed E-state index contributed by atoms with van der Waals surface area (Å²) < 4.78 is 5.61. The number of thiazole rings is 1. The Bertz CT molecular complexity index is 581. The number of carbonyl (C=O) groups is 1. The normalized spacial score (nSPS) is 10.3. The zero-order valence-electron chi connectivity index (χ0n) is 11.7. The number of nitrogens with one attached hydrogen (secondary N) is 1. The molecule has 0 unspecified atom stereocenters. The lowest BCUT2D eigenvalue weighted by atomic mass is 10.2. The van der Waals surface area contributed by atoms with Crippen LogP contribution in [0.15, 0.2) is 29.6 Å². The van der Waals surface area contributed by atoms with Crippen LogP contribution in [0.25, 0.3) is 10.6 Å². The Kier molecular flexibility index (Phi) is 5.12. The minimum atomic E-state index is -0.131. The van der Waals surface area contributed by atoms with Gasteiger partial charge in [-0.1, -0.05) is 19.1 Å². The van der Waals surface area contributed by atoms with Crippen molar-refractivity contribution in [2.45, 2.75) is 20.3 Å². The van der Waals surface area contributed by atoms with E-state index in [9.17, 15) is 4.79 Å². The Balaban J connectivity index is 2.17. The van der Waals surface area contributed by atoms with E-state index in [0.717, 1.165) is 22.7 Å². The first-order valence-electron chi connectivity index (χ1n) is 6.71. The summed E-state index contributed by atoms with van der Waals surface area (Å²) in [4.78, 5) is 16.1. The van der Waals surface area contributed by atoms with Crippen molar-refractivity contribution in [3.63, 3.8) is 0 Å². The van der Waals surface area contributed by atoms with Gasteiger partial charge in [-0.05, 0) is 25.5 Å². The van der Waals surface area contributed by atoms with Crippen molar-refractivity contribution >= 4 is 17.2 Å². The molecule has 0 aliphatic rings. The van der Waals surface area contributed by atoms with Crippen LogP contribution in [0.3, 0.4) is 0 Å². The quantitative estimate of drug-likeness (QED) is 0.887. The standard InChI is InChI=1S/C15H18N2O2S/c1-3-8-19-12-7-5-6-11(9-12)15-17-13(10-20-15)14(18)16-4-2/h5-7,9-10H,3-4,8H2,1-2H3,(H,16,18). The summed E-state index contributed by atoms with van der Waals surface area (Å²) in [6.45, 7) is 5.26. The van der Waals surface area contributed by atoms with Crippen LogP contribution in [0.4, 0.5) is 0 Å². The molecule has 1 heterocycles. The smallest absolute Gasteiger partial charge is 0.270 e. The van der Waals surface area contributed by atoms with E-state index < -0.39 is 0 Å². The lowest BCUT2D eigenvalue weighted by Gasteiger charge is -2.05. The van der Waals surface area contributed by atoms with Crippen LogP contribution in [-0.2, 0) is 0 Å². The lowest BCUT2D eigenvalue weighted by Crippen LogP contribution is -2.22. The van der Waals surface area contributed by atoms with Gasteiger partial charge in [-0.2, -0.15) is 0 Å². The third-order valence-corrected chi connectivity index (χ3v) is 3.52. The third-order valence-electron chi connectivity index (χ3n) is 2.63. The van der Waals surface area contributed by atoms with Crippen molar-refractivity contribution in [3.8, 4) is 16.3 Å². The van der Waals surface area contributed by atoms with E-state index in [2.05, 4.69) is 17.2 Å². The second-order valence-electron chi connectivity index (χ2n) is 4.27. The molecular formula is C15H18N2O2S. The third kappa shape index (κ3) is 3.57. The van der Waals surface area contributed by atoms with Gasteiger partial charge in [0.1, 0.15) is 16.5 Å². The molecule has 0 saturated heterocycles. The molecule has 0 aliphatic heterocycles. The van der Waals surface area contributed by atoms with E-state index >= 15 is 0 Å². The maximum Gasteiger partial charge on any atom is 0.270 e. The van der Waals surface area contributed by atoms with Gasteiger partial charge in [-0.3, -0.25) is 4.79 Å². The molecule has 0 bridgehead atoms. The van der Waals surface area contributed by atoms with Crippen LogP contribution >= 0.6 is 11.3 Å². The summed E-state index contributed by atoms with van der Waals surface area (Å²) in [7, 11) is 0. The van der Waals surface area contributed by atoms with Gasteiger partial charge in [0.2, 0.25) is 0 Å². The zero-order valence-corrected chi connectivity index (χ0v) is 12.5. The van der Waals surface area contributed by atoms with Crippen LogP contribution in [0.5, 0.6) is 5.75 Å². The highest BCUT2D eigenvalue weighted by atomic mass is 32.1. The first-order chi connectivity index (χ1) is 9.74. The van der Waals surface area contributed by atoms with Crippen molar-refractivity contribution in [2.24, 2.45) is 0 Å². The number of benzene rings is 1. The molecule has 1 amide bonds. The molecule has 20 heavy (non-hydrogen) atoms. The first-order valence-corrected chi connectivity index (χ1v) is 7.59. The largest absolute Gasteiger partial charge is 0.494 e. The Labute approximate surface area is 122 Å². The molecule has 0 spiro atoms. The Hall–Kier alpha value is -1.88. The van der Waals surface area contributed by atoms with Gasteiger partial charge in [0.15, 0.2) is 0 Å². The molecule has 0 saturated carbocycles. The minimum Gasteiger partial charge on any atom is -0.494 e. The van der Waals surface area contributed by atoms with Gasteiger partial charge in [-0.25, -0.2) is 4.98 Å². The maximum atomic E-state index is 11.7. The minimum absolute atomic E-state index is 0.131. The van der Waals surface area contributed by atoms with Crippen molar-refractivity contribution in [2.75, 3.05) is 13.2 Å². The van der Waals surface area contributed by atoms with E-state index in [1.54, 1.807) is 5.38 Å². The van der Waals surface area contributed by atoms with E-state index in [1.807, 2.05) is 31.2 Å². The topological polar surface area (TPSA) is 51.2 Å². The van der Waals surface area contributed by atoms with Crippen molar-refractivity contribution < 1.29 is 9.53 Å². The first kappa shape index (κ1) is 14.5. The summed E-state index contributed by atoms with van der Waals surface area (Å²) in [6.07, 6.45) is 0.975. The van der Waals surface area contributed by atoms with Gasteiger partial charge >= 0.3 is 0 Å². The average molecular weight is 290 g/mol. The van der Waals surface area contributed by atoms with E-state index in [4.69, 9.17) is 4.74 Å². The fourth-order valence-corrected chi connectivity index (χ4v) is 2.50. The highest BCUT2D eigenvalue weighted by molar-refractivity contribution is 7.13. The predicted molar refractivity (Wildman–Crippen MR) is 81.3 cm³/mol. The SMILES string of the molecule is CCCOc1cccc(-c2nc(C(=O)NCC)cs2)c1. The second kappa shape index (κ2) is 7.05. The van der Waals surface area contributed by atoms with Crippen LogP contribution in [-0.4, -0.2) is 24.0 Å². The number of hydrogen-bond acceptors (Lipinski definition) is 4. The Morgan fingerprint density at radius 1 is 1.40 bits per heavy atom. The molecule has 0 atom stereocenters. The van der Waals surface area contributed by atoms with Gasteiger partial charge in [-0.15, -0.1) is 11.3 Å². The summed E-state index contributed by atoms with van der Waals surface area (Å²) in [5.41, 5.74) is 1.44. The number of carbonyl (C=O) groups excluding carboxylic acids is 1. The number of amides is 1. The number of hydrogen-bond donors (Lipinski definition) is 1. The van der Waals surface area contributed by atoms with E-state index in [-0.39, 0.29) is 5.91 Å². The summed E-state index contributed by atoms with van der Waals surface area (Å²) >= 11 is 1.46. The van der Waals surface area contributed by atoms with Crippen LogP contribution in [0, 0.1) is 0 Å². The molecule has 4 nitrogen and oxygen atoms in total. The molecule has 1 N–H and O–H groups in total. The van der Waals surface area contributed by atoms with Crippen LogP contribution in [0.1, 0.15) is 30.8 Å². The predicted octanol–water partition coefficient (Wildman–Crippen LogP) is 3.35. The zero-order chi connectivity index (χ0) is 14.4. The number of rotatable bonds is 6. The molecule has 2 aromatic rings. The lowest BCUT2D eigenvalue weighted by molar-refractivity contribution is 0.0951. The van der Waals surface area contributed by atoms with Crippen molar-refractivity contribution in [1.82, 2.24) is 10.3 Å². The number of ether oxygens (including phenoxy) is 1. The van der Waals surface area contributed by atoms with Crippen molar-refractivity contribution in [1.29, 1.82) is 0 Å².